The molecule has 56 heavy (non-hydrogen) atoms. The van der Waals surface area contributed by atoms with Gasteiger partial charge >= 0.3 is 0 Å². The minimum atomic E-state index is -1.18. The van der Waals surface area contributed by atoms with E-state index in [-0.39, 0.29) is 18.2 Å². The van der Waals surface area contributed by atoms with Crippen LogP contribution in [-0.2, 0) is 35.2 Å². The molecule has 15 heteroatoms. The molecule has 0 bridgehead atoms. The van der Waals surface area contributed by atoms with Crippen LogP contribution in [0.5, 0.6) is 0 Å². The third-order valence-corrected chi connectivity index (χ3v) is 11.6. The highest BCUT2D eigenvalue weighted by atomic mass is 16.3. The normalized spacial score (nSPS) is 21.2. The third kappa shape index (κ3) is 13.3. The molecule has 1 saturated carbocycles. The van der Waals surface area contributed by atoms with Crippen molar-refractivity contribution in [3.8, 4) is 0 Å². The molecule has 0 unspecified atom stereocenters. The van der Waals surface area contributed by atoms with Gasteiger partial charge in [-0.3, -0.25) is 28.8 Å². The maximum atomic E-state index is 14.3. The maximum absolute atomic E-state index is 14.3. The van der Waals surface area contributed by atoms with E-state index in [1.807, 2.05) is 20.8 Å². The molecule has 0 spiro atoms. The molecule has 4 rings (SSSR count). The molecule has 6 N–H and O–H groups in total. The number of likely N-dealkylation sites (tertiary alicyclic amines) is 2. The highest BCUT2D eigenvalue weighted by Crippen LogP contribution is 2.27. The number of aliphatic hydroxyl groups excluding tert-OH is 1. The summed E-state index contributed by atoms with van der Waals surface area (Å²) in [6.07, 6.45) is 14.5. The molecular formula is C41H68N8O7. The van der Waals surface area contributed by atoms with Crippen LogP contribution < -0.4 is 21.3 Å². The fourth-order valence-electron chi connectivity index (χ4n) is 8.25. The number of rotatable bonds is 20. The van der Waals surface area contributed by atoms with Crippen molar-refractivity contribution < 1.29 is 33.9 Å². The number of hydrogen-bond donors (Lipinski definition) is 6. The lowest BCUT2D eigenvalue weighted by Crippen LogP contribution is -2.61. The van der Waals surface area contributed by atoms with Crippen molar-refractivity contribution in [2.45, 2.75) is 173 Å². The molecule has 15 nitrogen and oxygen atoms in total. The number of imidazole rings is 1. The van der Waals surface area contributed by atoms with Crippen LogP contribution >= 0.6 is 0 Å². The number of H-pyrrole nitrogens is 1. The summed E-state index contributed by atoms with van der Waals surface area (Å²) in [5, 5.41) is 21.8. The summed E-state index contributed by atoms with van der Waals surface area (Å²) in [6, 6.07) is -4.72. The molecule has 3 fully saturated rings. The molecule has 3 heterocycles. The lowest BCUT2D eigenvalue weighted by Gasteiger charge is -2.38. The number of amides is 6. The smallest absolute Gasteiger partial charge is 0.246 e. The number of aliphatic hydroxyl groups is 1. The summed E-state index contributed by atoms with van der Waals surface area (Å²) in [6.45, 7) is 8.55. The van der Waals surface area contributed by atoms with Gasteiger partial charge in [-0.05, 0) is 70.1 Å². The van der Waals surface area contributed by atoms with Gasteiger partial charge in [0.25, 0.3) is 0 Å². The zero-order valence-electron chi connectivity index (χ0n) is 34.2. The molecule has 3 aliphatic rings. The average Bonchev–Trinajstić information content (AvgIpc) is 3.90. The number of nitrogens with one attached hydrogen (secondary N) is 5. The van der Waals surface area contributed by atoms with E-state index in [0.29, 0.717) is 82.1 Å². The molecule has 6 atom stereocenters. The Morgan fingerprint density at radius 1 is 0.821 bits per heavy atom. The van der Waals surface area contributed by atoms with Gasteiger partial charge in [-0.15, -0.1) is 0 Å². The van der Waals surface area contributed by atoms with Crippen LogP contribution in [0.25, 0.3) is 0 Å². The summed E-state index contributed by atoms with van der Waals surface area (Å²) < 4.78 is 0. The van der Waals surface area contributed by atoms with Crippen molar-refractivity contribution in [1.82, 2.24) is 41.0 Å². The zero-order chi connectivity index (χ0) is 40.6. The van der Waals surface area contributed by atoms with Crippen LogP contribution in [0, 0.1) is 11.8 Å². The summed E-state index contributed by atoms with van der Waals surface area (Å²) in [5.74, 6) is -1.50. The number of hydrogen-bond acceptors (Lipinski definition) is 8. The second-order valence-corrected chi connectivity index (χ2v) is 16.6. The molecule has 0 radical (unpaired) electrons. The fourth-order valence-corrected chi connectivity index (χ4v) is 8.25. The van der Waals surface area contributed by atoms with Gasteiger partial charge < -0.3 is 41.2 Å². The Hall–Kier alpha value is -4.01. The first-order valence-electron chi connectivity index (χ1n) is 21.3. The quantitative estimate of drug-likeness (QED) is 0.116. The summed E-state index contributed by atoms with van der Waals surface area (Å²) in [5.41, 5.74) is 0.690. The predicted molar refractivity (Wildman–Crippen MR) is 212 cm³/mol. The second kappa shape index (κ2) is 22.7. The lowest BCUT2D eigenvalue weighted by molar-refractivity contribution is -0.147. The van der Waals surface area contributed by atoms with Crippen molar-refractivity contribution >= 4 is 35.4 Å². The van der Waals surface area contributed by atoms with Gasteiger partial charge in [-0.2, -0.15) is 0 Å². The van der Waals surface area contributed by atoms with E-state index in [1.165, 1.54) is 37.4 Å². The van der Waals surface area contributed by atoms with Gasteiger partial charge in [0, 0.05) is 44.4 Å². The molecule has 6 amide bonds. The van der Waals surface area contributed by atoms with Crippen molar-refractivity contribution in [2.75, 3.05) is 19.6 Å². The van der Waals surface area contributed by atoms with E-state index in [4.69, 9.17) is 0 Å². The SMILES string of the molecule is CCCC[C@H](NC(=O)[C@@H]1CCCCN1C(=O)[C@H](Cc1cnc[nH]1)NC(=O)CCC1CCCCC1)C(=O)N1CCC[C@H]1C(=O)N[C@H](C(=O)NCCC(C)C)[C@@H](C)O. The Balaban J connectivity index is 1.44. The van der Waals surface area contributed by atoms with Crippen LogP contribution in [0.2, 0.25) is 0 Å². The Labute approximate surface area is 332 Å². The Morgan fingerprint density at radius 3 is 2.11 bits per heavy atom. The number of aromatic nitrogens is 2. The van der Waals surface area contributed by atoms with Crippen LogP contribution in [0.4, 0.5) is 0 Å². The highest BCUT2D eigenvalue weighted by molar-refractivity contribution is 5.97. The summed E-state index contributed by atoms with van der Waals surface area (Å²) >= 11 is 0. The predicted octanol–water partition coefficient (Wildman–Crippen LogP) is 2.87. The lowest BCUT2D eigenvalue weighted by atomic mass is 9.86. The molecular weight excluding hydrogens is 716 g/mol. The van der Waals surface area contributed by atoms with Gasteiger partial charge in [0.1, 0.15) is 30.2 Å². The van der Waals surface area contributed by atoms with E-state index in [1.54, 1.807) is 11.1 Å². The third-order valence-electron chi connectivity index (χ3n) is 11.6. The van der Waals surface area contributed by atoms with Crippen molar-refractivity contribution in [3.63, 3.8) is 0 Å². The molecule has 2 saturated heterocycles. The van der Waals surface area contributed by atoms with Crippen molar-refractivity contribution in [1.29, 1.82) is 0 Å². The van der Waals surface area contributed by atoms with E-state index >= 15 is 0 Å². The minimum Gasteiger partial charge on any atom is -0.391 e. The second-order valence-electron chi connectivity index (χ2n) is 16.6. The van der Waals surface area contributed by atoms with Gasteiger partial charge in [0.2, 0.25) is 35.4 Å². The van der Waals surface area contributed by atoms with E-state index < -0.39 is 59.9 Å². The summed E-state index contributed by atoms with van der Waals surface area (Å²) in [4.78, 5) is 92.5. The first-order valence-corrected chi connectivity index (χ1v) is 21.3. The zero-order valence-corrected chi connectivity index (χ0v) is 34.2. The van der Waals surface area contributed by atoms with Crippen LogP contribution in [0.3, 0.4) is 0 Å². The number of nitrogens with zero attached hydrogens (tertiary/aromatic N) is 3. The van der Waals surface area contributed by atoms with E-state index in [9.17, 15) is 33.9 Å². The maximum Gasteiger partial charge on any atom is 0.246 e. The fraction of sp³-hybridized carbons (Fsp3) is 0.780. The molecule has 1 aliphatic carbocycles. The van der Waals surface area contributed by atoms with Crippen molar-refractivity contribution in [3.05, 3.63) is 18.2 Å². The van der Waals surface area contributed by atoms with Crippen LogP contribution in [0.1, 0.15) is 136 Å². The first-order chi connectivity index (χ1) is 26.9. The number of piperidine rings is 1. The van der Waals surface area contributed by atoms with Gasteiger partial charge in [-0.1, -0.05) is 65.7 Å². The number of aromatic amines is 1. The molecule has 0 aromatic carbocycles. The average molecular weight is 785 g/mol. The van der Waals surface area contributed by atoms with Gasteiger partial charge in [-0.25, -0.2) is 4.98 Å². The number of carbonyl (C=O) groups is 6. The Bertz CT molecular complexity index is 1430. The minimum absolute atomic E-state index is 0.188. The first kappa shape index (κ1) is 44.7. The van der Waals surface area contributed by atoms with Crippen molar-refractivity contribution in [2.24, 2.45) is 11.8 Å². The molecule has 2 aliphatic heterocycles. The highest BCUT2D eigenvalue weighted by Gasteiger charge is 2.42. The summed E-state index contributed by atoms with van der Waals surface area (Å²) in [7, 11) is 0. The van der Waals surface area contributed by atoms with Crippen LogP contribution in [0.15, 0.2) is 12.5 Å². The number of carbonyl (C=O) groups excluding carboxylic acids is 6. The van der Waals surface area contributed by atoms with Gasteiger partial charge in [0.05, 0.1) is 12.4 Å². The van der Waals surface area contributed by atoms with Crippen LogP contribution in [-0.4, -0.2) is 116 Å². The molecule has 1 aromatic heterocycles. The van der Waals surface area contributed by atoms with E-state index in [0.717, 1.165) is 38.5 Å². The standard InChI is InChI=1S/C41H68N8O7/c1-5-6-15-31(40(55)49-23-12-17-34(49)38(53)47-36(28(4)50)39(54)43-21-20-27(2)3)46-37(52)33-16-10-11-22-48(33)41(56)32(24-30-25-42-26-44-30)45-35(51)19-18-29-13-8-7-9-14-29/h25-29,31-34,36,50H,5-24H2,1-4H3,(H,42,44)(H,43,54)(H,45,51)(H,46,52)(H,47,53)/t28-,31+,32+,33+,34+,36+/m1/s1. The Kier molecular flexibility index (Phi) is 18.1. The molecule has 1 aromatic rings. The topological polar surface area (TPSA) is 206 Å². The molecule has 314 valence electrons. The monoisotopic (exact) mass is 785 g/mol. The largest absolute Gasteiger partial charge is 0.391 e. The van der Waals surface area contributed by atoms with Gasteiger partial charge in [0.15, 0.2) is 0 Å². The number of unbranched alkanes of at least 4 members (excludes halogenated alkanes) is 1. The van der Waals surface area contributed by atoms with E-state index in [2.05, 4.69) is 31.2 Å². The Morgan fingerprint density at radius 2 is 1.46 bits per heavy atom.